The van der Waals surface area contributed by atoms with E-state index in [2.05, 4.69) is 31.4 Å². The largest absolute Gasteiger partial charge is 0.374 e. The summed E-state index contributed by atoms with van der Waals surface area (Å²) < 4.78 is 5.99. The van der Waals surface area contributed by atoms with Crippen LogP contribution in [0.25, 0.3) is 0 Å². The molecule has 18 heavy (non-hydrogen) atoms. The number of rotatable bonds is 5. The highest BCUT2D eigenvalue weighted by molar-refractivity contribution is 7.11. The number of thiophene rings is 1. The molecule has 0 aromatic carbocycles. The Hall–Kier alpha value is -0.420. The smallest absolute Gasteiger partial charge is 0.0823 e. The third kappa shape index (κ3) is 3.12. The van der Waals surface area contributed by atoms with Crippen molar-refractivity contribution < 1.29 is 4.74 Å². The first-order valence-corrected chi connectivity index (χ1v) is 7.67. The van der Waals surface area contributed by atoms with Gasteiger partial charge in [0.2, 0.25) is 0 Å². The first-order chi connectivity index (χ1) is 8.68. The summed E-state index contributed by atoms with van der Waals surface area (Å²) in [6.45, 7) is 5.24. The summed E-state index contributed by atoms with van der Waals surface area (Å²) in [6.07, 6.45) is 5.57. The molecule has 2 heterocycles. The zero-order valence-corrected chi connectivity index (χ0v) is 12.2. The molecular formula is C14H24N2OS. The molecule has 1 aromatic rings. The predicted octanol–water partition coefficient (Wildman–Crippen LogP) is 2.64. The maximum Gasteiger partial charge on any atom is 0.0823 e. The molecule has 0 bridgehead atoms. The van der Waals surface area contributed by atoms with E-state index in [0.717, 1.165) is 25.9 Å². The second-order valence-corrected chi connectivity index (χ2v) is 6.52. The van der Waals surface area contributed by atoms with Crippen molar-refractivity contribution in [1.29, 1.82) is 0 Å². The van der Waals surface area contributed by atoms with Crippen LogP contribution in [0.5, 0.6) is 0 Å². The highest BCUT2D eigenvalue weighted by Gasteiger charge is 2.36. The van der Waals surface area contributed by atoms with Gasteiger partial charge < -0.3 is 4.74 Å². The molecule has 1 aliphatic rings. The topological polar surface area (TPSA) is 47.3 Å². The minimum Gasteiger partial charge on any atom is -0.374 e. The molecule has 0 aliphatic carbocycles. The van der Waals surface area contributed by atoms with Gasteiger partial charge >= 0.3 is 0 Å². The van der Waals surface area contributed by atoms with E-state index in [0.29, 0.717) is 0 Å². The summed E-state index contributed by atoms with van der Waals surface area (Å²) in [5.74, 6) is 5.75. The van der Waals surface area contributed by atoms with Crippen molar-refractivity contribution in [3.8, 4) is 0 Å². The summed E-state index contributed by atoms with van der Waals surface area (Å²) >= 11 is 1.89. The zero-order valence-electron chi connectivity index (χ0n) is 11.4. The molecule has 1 saturated heterocycles. The number of aryl methyl sites for hydroxylation is 1. The highest BCUT2D eigenvalue weighted by Crippen LogP contribution is 2.30. The molecule has 4 heteroatoms. The van der Waals surface area contributed by atoms with E-state index in [9.17, 15) is 0 Å². The Morgan fingerprint density at radius 2 is 2.22 bits per heavy atom. The fourth-order valence-corrected chi connectivity index (χ4v) is 3.61. The molecule has 0 radical (unpaired) electrons. The van der Waals surface area contributed by atoms with Crippen LogP contribution in [0.4, 0.5) is 0 Å². The van der Waals surface area contributed by atoms with Crippen molar-refractivity contribution in [1.82, 2.24) is 5.43 Å². The van der Waals surface area contributed by atoms with Crippen molar-refractivity contribution in [2.45, 2.75) is 57.6 Å². The molecule has 2 rings (SSSR count). The van der Waals surface area contributed by atoms with Gasteiger partial charge in [-0.1, -0.05) is 6.92 Å². The summed E-state index contributed by atoms with van der Waals surface area (Å²) in [5, 5.41) is 0. The fourth-order valence-electron chi connectivity index (χ4n) is 2.60. The number of hydrogen-bond acceptors (Lipinski definition) is 4. The molecular weight excluding hydrogens is 244 g/mol. The average molecular weight is 268 g/mol. The quantitative estimate of drug-likeness (QED) is 0.637. The van der Waals surface area contributed by atoms with E-state index < -0.39 is 0 Å². The Morgan fingerprint density at radius 3 is 2.78 bits per heavy atom. The molecule has 1 fully saturated rings. The third-order valence-corrected chi connectivity index (χ3v) is 5.16. The first-order valence-electron chi connectivity index (χ1n) is 6.85. The van der Waals surface area contributed by atoms with Crippen LogP contribution >= 0.6 is 11.3 Å². The molecule has 102 valence electrons. The molecule has 1 aliphatic heterocycles. The van der Waals surface area contributed by atoms with E-state index in [-0.39, 0.29) is 11.6 Å². The van der Waals surface area contributed by atoms with Crippen molar-refractivity contribution in [3.05, 3.63) is 21.9 Å². The second-order valence-electron chi connectivity index (χ2n) is 5.26. The van der Waals surface area contributed by atoms with E-state index in [1.807, 2.05) is 11.3 Å². The highest BCUT2D eigenvalue weighted by atomic mass is 32.1. The van der Waals surface area contributed by atoms with E-state index in [4.69, 9.17) is 10.6 Å². The maximum absolute atomic E-state index is 5.99. The number of ether oxygens (including phenoxy) is 1. The van der Waals surface area contributed by atoms with Gasteiger partial charge in [0.1, 0.15) is 0 Å². The van der Waals surface area contributed by atoms with E-state index in [1.165, 1.54) is 22.6 Å². The van der Waals surface area contributed by atoms with Crippen LogP contribution in [0.3, 0.4) is 0 Å². The lowest BCUT2D eigenvalue weighted by Crippen LogP contribution is -2.55. The van der Waals surface area contributed by atoms with Gasteiger partial charge in [-0.25, -0.2) is 0 Å². The molecule has 1 aromatic heterocycles. The van der Waals surface area contributed by atoms with Crippen LogP contribution in [-0.4, -0.2) is 18.2 Å². The Balaban J connectivity index is 2.03. The van der Waals surface area contributed by atoms with Crippen molar-refractivity contribution >= 4 is 11.3 Å². The summed E-state index contributed by atoms with van der Waals surface area (Å²) in [6, 6.07) is 4.64. The van der Waals surface area contributed by atoms with Gasteiger partial charge in [-0.15, -0.1) is 11.3 Å². The summed E-state index contributed by atoms with van der Waals surface area (Å²) in [5.41, 5.74) is 2.85. The lowest BCUT2D eigenvalue weighted by Gasteiger charge is -2.40. The Kier molecular flexibility index (Phi) is 4.78. The van der Waals surface area contributed by atoms with E-state index in [1.54, 1.807) is 0 Å². The van der Waals surface area contributed by atoms with Crippen LogP contribution in [-0.2, 0) is 17.6 Å². The van der Waals surface area contributed by atoms with Gasteiger partial charge in [0.25, 0.3) is 0 Å². The number of hydrazine groups is 1. The minimum atomic E-state index is -0.122. The monoisotopic (exact) mass is 268 g/mol. The lowest BCUT2D eigenvalue weighted by molar-refractivity contribution is -0.0883. The molecule has 2 atom stereocenters. The van der Waals surface area contributed by atoms with Crippen LogP contribution in [0.1, 0.15) is 42.9 Å². The SMILES string of the molecule is CCc1ccc(CC(NN)C2(C)CCCCO2)s1. The zero-order chi connectivity index (χ0) is 13.0. The second kappa shape index (κ2) is 6.15. The molecule has 0 amide bonds. The summed E-state index contributed by atoms with van der Waals surface area (Å²) in [7, 11) is 0. The van der Waals surface area contributed by atoms with Gasteiger partial charge in [0, 0.05) is 22.8 Å². The Morgan fingerprint density at radius 1 is 1.44 bits per heavy atom. The molecule has 2 unspecified atom stereocenters. The normalized spacial score (nSPS) is 26.2. The van der Waals surface area contributed by atoms with Gasteiger partial charge in [-0.2, -0.15) is 0 Å². The van der Waals surface area contributed by atoms with Gasteiger partial charge in [0.05, 0.1) is 11.6 Å². The molecule has 0 spiro atoms. The fraction of sp³-hybridized carbons (Fsp3) is 0.714. The molecule has 3 nitrogen and oxygen atoms in total. The summed E-state index contributed by atoms with van der Waals surface area (Å²) in [4.78, 5) is 2.83. The van der Waals surface area contributed by atoms with Crippen molar-refractivity contribution in [2.24, 2.45) is 5.84 Å². The van der Waals surface area contributed by atoms with Crippen LogP contribution in [0, 0.1) is 0 Å². The van der Waals surface area contributed by atoms with Crippen molar-refractivity contribution in [3.63, 3.8) is 0 Å². The third-order valence-electron chi connectivity index (χ3n) is 3.91. The number of hydrogen-bond donors (Lipinski definition) is 2. The predicted molar refractivity (Wildman–Crippen MR) is 76.7 cm³/mol. The molecule has 0 saturated carbocycles. The van der Waals surface area contributed by atoms with Crippen LogP contribution < -0.4 is 11.3 Å². The molecule has 3 N–H and O–H groups in total. The Labute approximate surface area is 114 Å². The van der Waals surface area contributed by atoms with Gasteiger partial charge in [0.15, 0.2) is 0 Å². The van der Waals surface area contributed by atoms with Crippen LogP contribution in [0.15, 0.2) is 12.1 Å². The number of nitrogens with two attached hydrogens (primary N) is 1. The minimum absolute atomic E-state index is 0.122. The Bertz CT molecular complexity index is 372. The van der Waals surface area contributed by atoms with E-state index >= 15 is 0 Å². The lowest BCUT2D eigenvalue weighted by atomic mass is 9.86. The van der Waals surface area contributed by atoms with Crippen molar-refractivity contribution in [2.75, 3.05) is 6.61 Å². The standard InChI is InChI=1S/C14H24N2OS/c1-3-11-6-7-12(18-11)10-13(16-15)14(2)8-4-5-9-17-14/h6-7,13,16H,3-5,8-10,15H2,1-2H3. The van der Waals surface area contributed by atoms with Gasteiger partial charge in [-0.05, 0) is 44.7 Å². The average Bonchev–Trinajstić information content (AvgIpc) is 2.84. The van der Waals surface area contributed by atoms with Crippen LogP contribution in [0.2, 0.25) is 0 Å². The maximum atomic E-state index is 5.99. The number of nitrogens with one attached hydrogen (secondary N) is 1. The van der Waals surface area contributed by atoms with Gasteiger partial charge in [-0.3, -0.25) is 11.3 Å². The first kappa shape index (κ1) is 14.0.